The number of carbonyl (C=O) groups is 2. The molecule has 1 rings (SSSR count). The van der Waals surface area contributed by atoms with Gasteiger partial charge in [0.25, 0.3) is 0 Å². The predicted octanol–water partition coefficient (Wildman–Crippen LogP) is 1.82. The average molecular weight is 284 g/mol. The molecule has 106 valence electrons. The number of rotatable bonds is 7. The van der Waals surface area contributed by atoms with Gasteiger partial charge < -0.3 is 10.0 Å². The van der Waals surface area contributed by atoms with Crippen LogP contribution in [-0.4, -0.2) is 40.0 Å². The van der Waals surface area contributed by atoms with Gasteiger partial charge in [-0.15, -0.1) is 11.3 Å². The van der Waals surface area contributed by atoms with Crippen LogP contribution in [0.1, 0.15) is 31.5 Å². The normalized spacial score (nSPS) is 10.7. The lowest BCUT2D eigenvalue weighted by atomic mass is 10.2. The second-order valence-corrected chi connectivity index (χ2v) is 5.77. The van der Waals surface area contributed by atoms with Gasteiger partial charge in [-0.25, -0.2) is 4.98 Å². The van der Waals surface area contributed by atoms with E-state index in [9.17, 15) is 9.59 Å². The number of aromatic nitrogens is 1. The zero-order chi connectivity index (χ0) is 14.4. The maximum atomic E-state index is 12.1. The Morgan fingerprint density at radius 2 is 2.16 bits per heavy atom. The summed E-state index contributed by atoms with van der Waals surface area (Å²) in [5.41, 5.74) is 0.728. The summed E-state index contributed by atoms with van der Waals surface area (Å²) < 4.78 is 0. The molecule has 0 radical (unpaired) electrons. The minimum Gasteiger partial charge on any atom is -0.480 e. The number of hydrogen-bond donors (Lipinski definition) is 1. The SMILES string of the molecule is CCc1nc(CC(=O)N(CC(=O)O)CC(C)C)cs1. The zero-order valence-electron chi connectivity index (χ0n) is 11.5. The zero-order valence-corrected chi connectivity index (χ0v) is 12.4. The second kappa shape index (κ2) is 7.23. The number of aliphatic carboxylic acids is 1. The highest BCUT2D eigenvalue weighted by Gasteiger charge is 2.19. The number of hydrogen-bond acceptors (Lipinski definition) is 4. The van der Waals surface area contributed by atoms with E-state index in [-0.39, 0.29) is 24.8 Å². The summed E-state index contributed by atoms with van der Waals surface area (Å²) in [6.07, 6.45) is 1.03. The summed E-state index contributed by atoms with van der Waals surface area (Å²) in [6.45, 7) is 6.14. The molecule has 0 saturated carbocycles. The molecule has 1 aromatic rings. The quantitative estimate of drug-likeness (QED) is 0.829. The molecule has 0 saturated heterocycles. The number of thiazole rings is 1. The van der Waals surface area contributed by atoms with E-state index >= 15 is 0 Å². The van der Waals surface area contributed by atoms with Crippen molar-refractivity contribution in [3.63, 3.8) is 0 Å². The van der Waals surface area contributed by atoms with Gasteiger partial charge in [-0.1, -0.05) is 20.8 Å². The fourth-order valence-electron chi connectivity index (χ4n) is 1.72. The summed E-state index contributed by atoms with van der Waals surface area (Å²) >= 11 is 1.53. The van der Waals surface area contributed by atoms with Gasteiger partial charge in [-0.3, -0.25) is 9.59 Å². The fraction of sp³-hybridized carbons (Fsp3) is 0.615. The summed E-state index contributed by atoms with van der Waals surface area (Å²) in [5, 5.41) is 11.7. The van der Waals surface area contributed by atoms with Crippen molar-refractivity contribution >= 4 is 23.2 Å². The maximum Gasteiger partial charge on any atom is 0.323 e. The van der Waals surface area contributed by atoms with E-state index in [4.69, 9.17) is 5.11 Å². The molecule has 6 heteroatoms. The summed E-state index contributed by atoms with van der Waals surface area (Å²) in [6, 6.07) is 0. The van der Waals surface area contributed by atoms with Gasteiger partial charge in [-0.2, -0.15) is 0 Å². The molecule has 0 unspecified atom stereocenters. The van der Waals surface area contributed by atoms with Crippen molar-refractivity contribution in [3.05, 3.63) is 16.1 Å². The van der Waals surface area contributed by atoms with E-state index in [1.807, 2.05) is 26.2 Å². The lowest BCUT2D eigenvalue weighted by Crippen LogP contribution is -2.39. The number of amides is 1. The van der Waals surface area contributed by atoms with Crippen molar-refractivity contribution < 1.29 is 14.7 Å². The smallest absolute Gasteiger partial charge is 0.323 e. The third kappa shape index (κ3) is 5.38. The topological polar surface area (TPSA) is 70.5 Å². The predicted molar refractivity (Wildman–Crippen MR) is 74.2 cm³/mol. The van der Waals surface area contributed by atoms with Gasteiger partial charge in [0.05, 0.1) is 17.1 Å². The van der Waals surface area contributed by atoms with Gasteiger partial charge >= 0.3 is 5.97 Å². The van der Waals surface area contributed by atoms with Crippen molar-refractivity contribution in [2.45, 2.75) is 33.6 Å². The first-order chi connectivity index (χ1) is 8.92. The van der Waals surface area contributed by atoms with Gasteiger partial charge in [0, 0.05) is 11.9 Å². The van der Waals surface area contributed by atoms with Crippen LogP contribution in [0, 0.1) is 5.92 Å². The molecule has 0 aromatic carbocycles. The molecular weight excluding hydrogens is 264 g/mol. The third-order valence-electron chi connectivity index (χ3n) is 2.50. The van der Waals surface area contributed by atoms with Crippen molar-refractivity contribution in [3.8, 4) is 0 Å². The van der Waals surface area contributed by atoms with Crippen LogP contribution in [0.15, 0.2) is 5.38 Å². The van der Waals surface area contributed by atoms with Crippen LogP contribution in [0.4, 0.5) is 0 Å². The van der Waals surface area contributed by atoms with Gasteiger partial charge in [0.2, 0.25) is 5.91 Å². The Balaban J connectivity index is 2.67. The molecule has 19 heavy (non-hydrogen) atoms. The maximum absolute atomic E-state index is 12.1. The number of carbonyl (C=O) groups excluding carboxylic acids is 1. The molecule has 1 amide bonds. The van der Waals surface area contributed by atoms with Crippen LogP contribution in [0.5, 0.6) is 0 Å². The fourth-order valence-corrected chi connectivity index (χ4v) is 2.46. The lowest BCUT2D eigenvalue weighted by molar-refractivity contribution is -0.144. The van der Waals surface area contributed by atoms with Gasteiger partial charge in [0.1, 0.15) is 6.54 Å². The highest BCUT2D eigenvalue weighted by molar-refractivity contribution is 7.09. The summed E-state index contributed by atoms with van der Waals surface area (Å²) in [7, 11) is 0. The molecule has 1 N–H and O–H groups in total. The van der Waals surface area contributed by atoms with Gasteiger partial charge in [-0.05, 0) is 12.3 Å². The number of carboxylic acid groups (broad SMARTS) is 1. The minimum absolute atomic E-state index is 0.177. The number of aryl methyl sites for hydroxylation is 1. The molecule has 1 heterocycles. The van der Waals surface area contributed by atoms with Crippen LogP contribution in [0.2, 0.25) is 0 Å². The lowest BCUT2D eigenvalue weighted by Gasteiger charge is -2.22. The van der Waals surface area contributed by atoms with Crippen LogP contribution < -0.4 is 0 Å². The molecular formula is C13H20N2O3S. The molecule has 5 nitrogen and oxygen atoms in total. The van der Waals surface area contributed by atoms with Crippen LogP contribution >= 0.6 is 11.3 Å². The second-order valence-electron chi connectivity index (χ2n) is 4.82. The van der Waals surface area contributed by atoms with E-state index in [2.05, 4.69) is 4.98 Å². The largest absolute Gasteiger partial charge is 0.480 e. The van der Waals surface area contributed by atoms with E-state index in [0.717, 1.165) is 17.1 Å². The average Bonchev–Trinajstić information content (AvgIpc) is 2.74. The van der Waals surface area contributed by atoms with Crippen molar-refractivity contribution in [1.82, 2.24) is 9.88 Å². The molecule has 1 aromatic heterocycles. The van der Waals surface area contributed by atoms with Crippen LogP contribution in [-0.2, 0) is 22.4 Å². The Morgan fingerprint density at radius 1 is 1.47 bits per heavy atom. The summed E-state index contributed by atoms with van der Waals surface area (Å²) in [4.78, 5) is 28.6. The molecule has 0 aliphatic rings. The van der Waals surface area contributed by atoms with Crippen molar-refractivity contribution in [2.75, 3.05) is 13.1 Å². The highest BCUT2D eigenvalue weighted by Crippen LogP contribution is 2.12. The Labute approximate surface area is 117 Å². The Morgan fingerprint density at radius 3 is 2.63 bits per heavy atom. The number of carboxylic acids is 1. The van der Waals surface area contributed by atoms with Crippen molar-refractivity contribution in [1.29, 1.82) is 0 Å². The molecule has 0 fully saturated rings. The van der Waals surface area contributed by atoms with Crippen molar-refractivity contribution in [2.24, 2.45) is 5.92 Å². The number of nitrogens with zero attached hydrogens (tertiary/aromatic N) is 2. The summed E-state index contributed by atoms with van der Waals surface area (Å²) in [5.74, 6) is -0.921. The first-order valence-corrected chi connectivity index (χ1v) is 7.23. The molecule has 0 bridgehead atoms. The molecule has 0 spiro atoms. The van der Waals surface area contributed by atoms with Crippen LogP contribution in [0.3, 0.4) is 0 Å². The molecule has 0 aliphatic carbocycles. The van der Waals surface area contributed by atoms with E-state index in [1.165, 1.54) is 16.2 Å². The Kier molecular flexibility index (Phi) is 5.95. The van der Waals surface area contributed by atoms with E-state index in [0.29, 0.717) is 6.54 Å². The van der Waals surface area contributed by atoms with Gasteiger partial charge in [0.15, 0.2) is 0 Å². The monoisotopic (exact) mass is 284 g/mol. The van der Waals surface area contributed by atoms with Crippen LogP contribution in [0.25, 0.3) is 0 Å². The highest BCUT2D eigenvalue weighted by atomic mass is 32.1. The molecule has 0 atom stereocenters. The molecule has 0 aliphatic heterocycles. The Hall–Kier alpha value is -1.43. The first-order valence-electron chi connectivity index (χ1n) is 6.35. The van der Waals surface area contributed by atoms with E-state index < -0.39 is 5.97 Å². The standard InChI is InChI=1S/C13H20N2O3S/c1-4-11-14-10(8-19-11)5-12(16)15(6-9(2)3)7-13(17)18/h8-9H,4-7H2,1-3H3,(H,17,18). The third-order valence-corrected chi connectivity index (χ3v) is 3.54. The first kappa shape index (κ1) is 15.6. The van der Waals surface area contributed by atoms with E-state index in [1.54, 1.807) is 0 Å². The minimum atomic E-state index is -0.985. The Bertz CT molecular complexity index is 443.